The van der Waals surface area contributed by atoms with Gasteiger partial charge >= 0.3 is 6.01 Å². The second kappa shape index (κ2) is 14.5. The summed E-state index contributed by atoms with van der Waals surface area (Å²) in [5.74, 6) is 0.743. The van der Waals surface area contributed by atoms with Gasteiger partial charge in [0.15, 0.2) is 0 Å². The first kappa shape index (κ1) is 41.4. The highest BCUT2D eigenvalue weighted by molar-refractivity contribution is 6.99. The summed E-state index contributed by atoms with van der Waals surface area (Å²) in [5.41, 5.74) is 17.1. The molecule has 2 aliphatic rings. The summed E-state index contributed by atoms with van der Waals surface area (Å²) in [6.07, 6.45) is 0. The summed E-state index contributed by atoms with van der Waals surface area (Å²) < 4.78 is 7.38. The lowest BCUT2D eigenvalue weighted by Crippen LogP contribution is -2.62. The molecule has 6 heteroatoms. The average Bonchev–Trinajstić information content (AvgIpc) is 3.64. The second-order valence-corrected chi connectivity index (χ2v) is 21.6. The highest BCUT2D eigenvalue weighted by atomic mass is 16.4. The van der Waals surface area contributed by atoms with E-state index < -0.39 is 0 Å². The maximum Gasteiger partial charge on any atom is 0.307 e. The minimum Gasteiger partial charge on any atom is -0.407 e. The lowest BCUT2D eigenvalue weighted by atomic mass is 9.35. The first-order valence-corrected chi connectivity index (χ1v) is 22.3. The van der Waals surface area contributed by atoms with Crippen LogP contribution in [0.15, 0.2) is 138 Å². The van der Waals surface area contributed by atoms with Crippen molar-refractivity contribution in [3.63, 3.8) is 0 Å². The number of hydrogen-bond donors (Lipinski definition) is 0. The van der Waals surface area contributed by atoms with Crippen molar-refractivity contribution in [2.75, 3.05) is 14.7 Å². The van der Waals surface area contributed by atoms with E-state index in [0.29, 0.717) is 6.01 Å². The average molecular weight is 817 g/mol. The van der Waals surface area contributed by atoms with Crippen molar-refractivity contribution < 1.29 is 4.42 Å². The third kappa shape index (κ3) is 7.21. The Kier molecular flexibility index (Phi) is 9.70. The van der Waals surface area contributed by atoms with Gasteiger partial charge in [-0.15, -0.1) is 0 Å². The Morgan fingerprint density at radius 3 is 1.50 bits per heavy atom. The molecule has 62 heavy (non-hydrogen) atoms. The van der Waals surface area contributed by atoms with E-state index in [1.165, 1.54) is 38.7 Å². The van der Waals surface area contributed by atoms with Crippen LogP contribution in [0.4, 0.5) is 51.7 Å². The second-order valence-electron chi connectivity index (χ2n) is 21.6. The Labute approximate surface area is 370 Å². The molecule has 0 N–H and O–H groups in total. The molecule has 0 spiro atoms. The van der Waals surface area contributed by atoms with E-state index in [1.54, 1.807) is 0 Å². The summed E-state index contributed by atoms with van der Waals surface area (Å²) in [6, 6.07) is 49.6. The van der Waals surface area contributed by atoms with Gasteiger partial charge in [-0.3, -0.25) is 9.80 Å². The Morgan fingerprint density at radius 1 is 0.484 bits per heavy atom. The molecular weight excluding hydrogens is 755 g/mol. The van der Waals surface area contributed by atoms with Crippen molar-refractivity contribution in [2.45, 2.75) is 112 Å². The molecule has 314 valence electrons. The molecule has 2 aliphatic heterocycles. The van der Waals surface area contributed by atoms with Gasteiger partial charge in [-0.25, -0.2) is 4.98 Å². The molecule has 0 bridgehead atoms. The maximum atomic E-state index is 7.38. The molecule has 1 aromatic heterocycles. The van der Waals surface area contributed by atoms with E-state index in [-0.39, 0.29) is 28.4 Å². The Hall–Kier alpha value is -6.01. The van der Waals surface area contributed by atoms with Crippen LogP contribution < -0.4 is 31.2 Å². The van der Waals surface area contributed by atoms with Crippen molar-refractivity contribution in [3.05, 3.63) is 161 Å². The lowest BCUT2D eigenvalue weighted by Gasteiger charge is -2.42. The number of aryl methyl sites for hydroxylation is 1. The van der Waals surface area contributed by atoms with Gasteiger partial charge in [-0.1, -0.05) is 150 Å². The number of nitrogens with zero attached hydrogens (tertiary/aromatic N) is 4. The zero-order chi connectivity index (χ0) is 44.1. The predicted molar refractivity (Wildman–Crippen MR) is 265 cm³/mol. The van der Waals surface area contributed by atoms with Crippen molar-refractivity contribution in [1.29, 1.82) is 0 Å². The van der Waals surface area contributed by atoms with Crippen molar-refractivity contribution in [2.24, 2.45) is 0 Å². The van der Waals surface area contributed by atoms with Crippen LogP contribution in [0.25, 0.3) is 0 Å². The Bertz CT molecular complexity index is 2720. The van der Waals surface area contributed by atoms with Crippen LogP contribution in [-0.4, -0.2) is 11.7 Å². The fraction of sp³-hybridized carbons (Fsp3) is 0.304. The van der Waals surface area contributed by atoms with E-state index in [1.807, 2.05) is 0 Å². The highest BCUT2D eigenvalue weighted by Gasteiger charge is 2.48. The van der Waals surface area contributed by atoms with Gasteiger partial charge in [0.25, 0.3) is 6.71 Å². The minimum absolute atomic E-state index is 0.0377. The molecule has 9 rings (SSSR count). The largest absolute Gasteiger partial charge is 0.407 e. The fourth-order valence-corrected chi connectivity index (χ4v) is 9.09. The highest BCUT2D eigenvalue weighted by Crippen LogP contribution is 2.48. The first-order valence-electron chi connectivity index (χ1n) is 22.3. The van der Waals surface area contributed by atoms with Crippen molar-refractivity contribution in [3.8, 4) is 0 Å². The van der Waals surface area contributed by atoms with Crippen molar-refractivity contribution >= 4 is 74.9 Å². The van der Waals surface area contributed by atoms with Crippen LogP contribution in [-0.2, 0) is 21.7 Å². The van der Waals surface area contributed by atoms with E-state index in [9.17, 15) is 0 Å². The molecule has 5 nitrogen and oxygen atoms in total. The van der Waals surface area contributed by atoms with E-state index in [4.69, 9.17) is 9.40 Å². The van der Waals surface area contributed by atoms with Gasteiger partial charge in [0.2, 0.25) is 5.88 Å². The van der Waals surface area contributed by atoms with E-state index >= 15 is 0 Å². The third-order valence-electron chi connectivity index (χ3n) is 12.7. The van der Waals surface area contributed by atoms with E-state index in [0.717, 1.165) is 51.3 Å². The fourth-order valence-electron chi connectivity index (χ4n) is 9.09. The lowest BCUT2D eigenvalue weighted by molar-refractivity contribution is 0.564. The first-order chi connectivity index (χ1) is 29.2. The number of fused-ring (bicyclic) bond motifs is 4. The van der Waals surface area contributed by atoms with E-state index in [2.05, 4.69) is 238 Å². The maximum absolute atomic E-state index is 7.38. The molecular formula is C56H61BN4O. The molecule has 7 aromatic rings. The minimum atomic E-state index is -0.201. The number of para-hydroxylation sites is 2. The number of hydrogen-bond acceptors (Lipinski definition) is 5. The summed E-state index contributed by atoms with van der Waals surface area (Å²) in [5, 5.41) is 0. The Balaban J connectivity index is 1.39. The molecule has 0 fully saturated rings. The summed E-state index contributed by atoms with van der Waals surface area (Å²) in [7, 11) is 0. The molecule has 0 amide bonds. The van der Waals surface area contributed by atoms with Crippen LogP contribution in [0.1, 0.15) is 111 Å². The van der Waals surface area contributed by atoms with Crippen LogP contribution in [0.5, 0.6) is 0 Å². The molecule has 0 atom stereocenters. The molecule has 3 heterocycles. The van der Waals surface area contributed by atoms with Gasteiger partial charge < -0.3 is 9.32 Å². The molecule has 0 radical (unpaired) electrons. The number of anilines is 9. The SMILES string of the molecule is Cc1cc2c3c(c1)N(c1cc(C(C)(C)C)cc(C(C)(C)C)c1)c1oc(N(c4ccccc4)c4ccccc4)nc1B3c1cc(C(C)(C)C)ccc1N2c1ccc(C(C)(C)C)cc1. The number of benzene rings is 6. The third-order valence-corrected chi connectivity index (χ3v) is 12.7. The summed E-state index contributed by atoms with van der Waals surface area (Å²) in [6.45, 7) is 29.6. The topological polar surface area (TPSA) is 35.8 Å². The van der Waals surface area contributed by atoms with Crippen LogP contribution in [0.2, 0.25) is 0 Å². The molecule has 0 aliphatic carbocycles. The van der Waals surface area contributed by atoms with Gasteiger partial charge in [0.1, 0.15) is 0 Å². The number of oxazole rings is 1. The molecule has 6 aromatic carbocycles. The normalized spacial score (nSPS) is 13.8. The Morgan fingerprint density at radius 2 is 0.984 bits per heavy atom. The molecule has 0 saturated heterocycles. The van der Waals surface area contributed by atoms with Crippen LogP contribution >= 0.6 is 0 Å². The van der Waals surface area contributed by atoms with Gasteiger partial charge in [-0.05, 0) is 134 Å². The van der Waals surface area contributed by atoms with Gasteiger partial charge in [0, 0.05) is 28.4 Å². The van der Waals surface area contributed by atoms with Crippen LogP contribution in [0, 0.1) is 6.92 Å². The molecule has 0 unspecified atom stereocenters. The number of aromatic nitrogens is 1. The van der Waals surface area contributed by atoms with Crippen molar-refractivity contribution in [1.82, 2.24) is 4.98 Å². The smallest absolute Gasteiger partial charge is 0.307 e. The predicted octanol–water partition coefficient (Wildman–Crippen LogP) is 13.7. The quantitative estimate of drug-likeness (QED) is 0.162. The number of rotatable bonds is 5. The van der Waals surface area contributed by atoms with Gasteiger partial charge in [-0.2, -0.15) is 0 Å². The molecule has 0 saturated carbocycles. The zero-order valence-electron chi connectivity index (χ0n) is 39.0. The van der Waals surface area contributed by atoms with Crippen LogP contribution in [0.3, 0.4) is 0 Å². The summed E-state index contributed by atoms with van der Waals surface area (Å²) >= 11 is 0. The standard InChI is InChI=1S/C56H61BN4O/c1-36-30-47-49-48(31-36)61(44-33-39(55(8,9)10)32-40(34-44)56(11,12)13)51-50(58-52(62-51)59(41-20-16-14-17-21-41)42-22-18-15-19-23-42)57(49)45-35-38(54(5,6)7)26-29-46(45)60(47)43-27-24-37(25-28-43)53(2,3)4/h14-35H,1-13H3. The van der Waals surface area contributed by atoms with Gasteiger partial charge in [0.05, 0.1) is 17.0 Å². The monoisotopic (exact) mass is 816 g/mol. The summed E-state index contributed by atoms with van der Waals surface area (Å²) in [4.78, 5) is 12.7. The zero-order valence-corrected chi connectivity index (χ0v) is 39.0.